The molecule has 114 valence electrons. The summed E-state index contributed by atoms with van der Waals surface area (Å²) in [5, 5.41) is 0. The quantitative estimate of drug-likeness (QED) is 0.472. The van der Waals surface area contributed by atoms with Crippen molar-refractivity contribution in [2.24, 2.45) is 0 Å². The maximum absolute atomic E-state index is 12.0. The first-order valence-electron chi connectivity index (χ1n) is 5.95. The largest absolute Gasteiger partial charge is 0.425 e. The van der Waals surface area contributed by atoms with Gasteiger partial charge in [0.15, 0.2) is 11.6 Å². The van der Waals surface area contributed by atoms with Gasteiger partial charge in [0.1, 0.15) is 23.3 Å². The summed E-state index contributed by atoms with van der Waals surface area (Å²) in [7, 11) is 0. The number of carbonyl (C=O) groups excluding carboxylic acids is 4. The second-order valence-electron chi connectivity index (χ2n) is 4.09. The topological polar surface area (TPSA) is 86.7 Å². The van der Waals surface area contributed by atoms with E-state index in [2.05, 4.69) is 0 Å². The number of ketones is 2. The minimum Gasteiger partial charge on any atom is -0.425 e. The van der Waals surface area contributed by atoms with Gasteiger partial charge in [-0.2, -0.15) is 0 Å². The maximum atomic E-state index is 12.0. The number of alkyl halides is 2. The third kappa shape index (κ3) is 3.18. The molecule has 8 heteroatoms. The lowest BCUT2D eigenvalue weighted by atomic mass is 9.93. The number of ether oxygens (including phenoxy) is 2. The van der Waals surface area contributed by atoms with Gasteiger partial charge >= 0.3 is 11.9 Å². The monoisotopic (exact) mass is 342 g/mol. The Morgan fingerprint density at radius 2 is 1.18 bits per heavy atom. The summed E-state index contributed by atoms with van der Waals surface area (Å²) in [6, 6.07) is 2.48. The molecule has 0 bridgehead atoms. The Labute approximate surface area is 134 Å². The lowest BCUT2D eigenvalue weighted by Gasteiger charge is -2.16. The molecule has 0 saturated heterocycles. The Morgan fingerprint density at radius 3 is 1.50 bits per heavy atom. The number of allylic oxidation sites excluding steroid dienone is 2. The van der Waals surface area contributed by atoms with E-state index >= 15 is 0 Å². The molecule has 0 radical (unpaired) electrons. The molecule has 6 nitrogen and oxygen atoms in total. The molecule has 0 spiro atoms. The minimum atomic E-state index is -0.788. The van der Waals surface area contributed by atoms with Crippen LogP contribution in [-0.2, 0) is 9.59 Å². The van der Waals surface area contributed by atoms with Crippen molar-refractivity contribution in [1.82, 2.24) is 0 Å². The van der Waals surface area contributed by atoms with E-state index in [9.17, 15) is 19.2 Å². The molecular formula is C14H8Cl2O6. The van der Waals surface area contributed by atoms with E-state index in [0.717, 1.165) is 12.2 Å². The first-order chi connectivity index (χ1) is 10.5. The first-order valence-corrected chi connectivity index (χ1v) is 7.02. The van der Waals surface area contributed by atoms with E-state index < -0.39 is 35.3 Å². The van der Waals surface area contributed by atoms with Crippen LogP contribution in [0.2, 0.25) is 0 Å². The zero-order chi connectivity index (χ0) is 16.3. The number of fused-ring (bicyclic) bond motifs is 1. The van der Waals surface area contributed by atoms with E-state index in [4.69, 9.17) is 32.7 Å². The first kappa shape index (κ1) is 16.2. The predicted octanol–water partition coefficient (Wildman–Crippen LogP) is 1.91. The molecule has 0 amide bonds. The second kappa shape index (κ2) is 6.72. The van der Waals surface area contributed by atoms with Crippen LogP contribution in [0.5, 0.6) is 11.5 Å². The van der Waals surface area contributed by atoms with Gasteiger partial charge < -0.3 is 9.47 Å². The highest BCUT2D eigenvalue weighted by molar-refractivity contribution is 6.28. The Hall–Kier alpha value is -2.18. The van der Waals surface area contributed by atoms with Crippen LogP contribution in [0.25, 0.3) is 0 Å². The van der Waals surface area contributed by atoms with Gasteiger partial charge in [0.2, 0.25) is 0 Å². The van der Waals surface area contributed by atoms with Crippen LogP contribution in [0.15, 0.2) is 24.3 Å². The summed E-state index contributed by atoms with van der Waals surface area (Å²) in [4.78, 5) is 46.6. The molecule has 0 saturated carbocycles. The number of rotatable bonds is 4. The standard InChI is InChI=1S/C14H8Cl2O6/c15-5-11(19)21-9-3-4-10(22-12(20)6-16)14-8(18)2-1-7(17)13(9)14/h1-4H,5-6H2. The van der Waals surface area contributed by atoms with Crippen LogP contribution in [0, 0.1) is 0 Å². The number of hydrogen-bond donors (Lipinski definition) is 0. The van der Waals surface area contributed by atoms with Gasteiger partial charge in [0.05, 0.1) is 11.1 Å². The van der Waals surface area contributed by atoms with Crippen molar-refractivity contribution >= 4 is 46.7 Å². The molecule has 1 aromatic rings. The third-order valence-corrected chi connectivity index (χ3v) is 3.11. The summed E-state index contributed by atoms with van der Waals surface area (Å²) < 4.78 is 9.85. The maximum Gasteiger partial charge on any atom is 0.326 e. The Balaban J connectivity index is 2.56. The van der Waals surface area contributed by atoms with Crippen molar-refractivity contribution < 1.29 is 28.7 Å². The van der Waals surface area contributed by atoms with Gasteiger partial charge in [-0.1, -0.05) is 0 Å². The van der Waals surface area contributed by atoms with Crippen LogP contribution in [-0.4, -0.2) is 35.3 Å². The number of esters is 2. The highest BCUT2D eigenvalue weighted by Gasteiger charge is 2.29. The number of carbonyl (C=O) groups is 4. The molecule has 22 heavy (non-hydrogen) atoms. The minimum absolute atomic E-state index is 0.131. The van der Waals surface area contributed by atoms with Crippen LogP contribution < -0.4 is 9.47 Å². The second-order valence-corrected chi connectivity index (χ2v) is 4.62. The molecule has 1 aromatic carbocycles. The van der Waals surface area contributed by atoms with Gasteiger partial charge in [-0.15, -0.1) is 23.2 Å². The van der Waals surface area contributed by atoms with E-state index in [1.165, 1.54) is 12.1 Å². The van der Waals surface area contributed by atoms with Gasteiger partial charge in [-0.3, -0.25) is 19.2 Å². The predicted molar refractivity (Wildman–Crippen MR) is 77.0 cm³/mol. The molecule has 0 fully saturated rings. The molecule has 1 aliphatic rings. The lowest BCUT2D eigenvalue weighted by molar-refractivity contribution is -0.132. The van der Waals surface area contributed by atoms with Crippen LogP contribution >= 0.6 is 23.2 Å². The molecule has 2 rings (SSSR count). The van der Waals surface area contributed by atoms with Gasteiger partial charge in [-0.25, -0.2) is 0 Å². The molecular weight excluding hydrogens is 335 g/mol. The fourth-order valence-electron chi connectivity index (χ4n) is 1.84. The molecule has 0 N–H and O–H groups in total. The van der Waals surface area contributed by atoms with Crippen molar-refractivity contribution in [2.75, 3.05) is 11.8 Å². The number of halogens is 2. The van der Waals surface area contributed by atoms with Gasteiger partial charge in [0.25, 0.3) is 0 Å². The molecule has 0 unspecified atom stereocenters. The van der Waals surface area contributed by atoms with Crippen molar-refractivity contribution in [1.29, 1.82) is 0 Å². The summed E-state index contributed by atoms with van der Waals surface area (Å²) in [6.07, 6.45) is 2.08. The summed E-state index contributed by atoms with van der Waals surface area (Å²) in [6.45, 7) is 0. The van der Waals surface area contributed by atoms with Crippen molar-refractivity contribution in [2.45, 2.75) is 0 Å². The van der Waals surface area contributed by atoms with Crippen molar-refractivity contribution in [3.63, 3.8) is 0 Å². The normalized spacial score (nSPS) is 12.8. The summed E-state index contributed by atoms with van der Waals surface area (Å²) >= 11 is 10.7. The van der Waals surface area contributed by atoms with Crippen LogP contribution in [0.1, 0.15) is 20.7 Å². The highest BCUT2D eigenvalue weighted by Crippen LogP contribution is 2.34. The van der Waals surface area contributed by atoms with E-state index in [1.54, 1.807) is 0 Å². The zero-order valence-corrected chi connectivity index (χ0v) is 12.4. The lowest BCUT2D eigenvalue weighted by Crippen LogP contribution is -2.19. The Kier molecular flexibility index (Phi) is 4.95. The van der Waals surface area contributed by atoms with Crippen LogP contribution in [0.3, 0.4) is 0 Å². The SMILES string of the molecule is O=C(CCl)Oc1ccc(OC(=O)CCl)c2c1C(=O)C=CC2=O. The average Bonchev–Trinajstić information content (AvgIpc) is 2.51. The van der Waals surface area contributed by atoms with E-state index in [0.29, 0.717) is 0 Å². The van der Waals surface area contributed by atoms with Gasteiger partial charge in [0, 0.05) is 0 Å². The van der Waals surface area contributed by atoms with Gasteiger partial charge in [-0.05, 0) is 24.3 Å². The van der Waals surface area contributed by atoms with E-state index in [1.807, 2.05) is 0 Å². The van der Waals surface area contributed by atoms with Crippen molar-refractivity contribution in [3.8, 4) is 11.5 Å². The average molecular weight is 343 g/mol. The smallest absolute Gasteiger partial charge is 0.326 e. The fraction of sp³-hybridized carbons (Fsp3) is 0.143. The molecule has 1 aliphatic carbocycles. The van der Waals surface area contributed by atoms with E-state index in [-0.39, 0.29) is 22.6 Å². The van der Waals surface area contributed by atoms with Crippen LogP contribution in [0.4, 0.5) is 0 Å². The number of benzene rings is 1. The van der Waals surface area contributed by atoms with Crippen molar-refractivity contribution in [3.05, 3.63) is 35.4 Å². The Bertz CT molecular complexity index is 649. The summed E-state index contributed by atoms with van der Waals surface area (Å²) in [5.74, 6) is -3.80. The summed E-state index contributed by atoms with van der Waals surface area (Å²) in [5.41, 5.74) is -0.323. The molecule has 0 atom stereocenters. The fourth-order valence-corrected chi connectivity index (χ4v) is 1.95. The molecule has 0 heterocycles. The zero-order valence-electron chi connectivity index (χ0n) is 10.9. The molecule has 0 aliphatic heterocycles. The molecule has 0 aromatic heterocycles. The number of hydrogen-bond acceptors (Lipinski definition) is 6. The third-order valence-electron chi connectivity index (χ3n) is 2.67. The Morgan fingerprint density at radius 1 is 0.818 bits per heavy atom. The highest BCUT2D eigenvalue weighted by atomic mass is 35.5.